The van der Waals surface area contributed by atoms with Crippen LogP contribution < -0.4 is 9.47 Å². The van der Waals surface area contributed by atoms with Crippen molar-refractivity contribution < 1.29 is 19.0 Å². The first kappa shape index (κ1) is 28.2. The lowest BCUT2D eigenvalue weighted by atomic mass is 10.1. The molecule has 1 aromatic heterocycles. The van der Waals surface area contributed by atoms with Gasteiger partial charge in [-0.25, -0.2) is 4.98 Å². The molecule has 0 aliphatic heterocycles. The summed E-state index contributed by atoms with van der Waals surface area (Å²) < 4.78 is 19.2. The number of hydrogen-bond acceptors (Lipinski definition) is 5. The molecular weight excluding hydrogens is 512 g/mol. The SMILES string of the molecule is CCCCc1cc(Oc2ccc(Cl)cc2)ccc1-n1cnc(-c2ccc(OCCC(=O)OC(C)(C)C)cc2)c1. The lowest BCUT2D eigenvalue weighted by Crippen LogP contribution is -2.24. The van der Waals surface area contributed by atoms with Crippen molar-refractivity contribution in [1.29, 1.82) is 0 Å². The summed E-state index contributed by atoms with van der Waals surface area (Å²) in [6.45, 7) is 8.01. The number of carbonyl (C=O) groups excluding carboxylic acids is 1. The van der Waals surface area contributed by atoms with E-state index in [9.17, 15) is 4.79 Å². The molecular formula is C32H35ClN2O4. The Bertz CT molecular complexity index is 1370. The molecule has 0 bridgehead atoms. The van der Waals surface area contributed by atoms with Crippen LogP contribution in [0.5, 0.6) is 17.2 Å². The second kappa shape index (κ2) is 12.9. The first-order valence-electron chi connectivity index (χ1n) is 13.3. The molecule has 0 atom stereocenters. The molecule has 4 rings (SSSR count). The van der Waals surface area contributed by atoms with Crippen LogP contribution in [0, 0.1) is 0 Å². The fraction of sp³-hybridized carbons (Fsp3) is 0.312. The number of aromatic nitrogens is 2. The van der Waals surface area contributed by atoms with Gasteiger partial charge in [0.05, 0.1) is 25.0 Å². The van der Waals surface area contributed by atoms with Gasteiger partial charge in [0, 0.05) is 22.5 Å². The van der Waals surface area contributed by atoms with E-state index in [1.165, 1.54) is 5.56 Å². The number of benzene rings is 3. The number of nitrogens with zero attached hydrogens (tertiary/aromatic N) is 2. The maximum absolute atomic E-state index is 11.9. The topological polar surface area (TPSA) is 62.6 Å². The van der Waals surface area contributed by atoms with Gasteiger partial charge in [0.15, 0.2) is 0 Å². The van der Waals surface area contributed by atoms with Crippen LogP contribution in [0.15, 0.2) is 79.3 Å². The highest BCUT2D eigenvalue weighted by atomic mass is 35.5. The molecule has 4 aromatic rings. The number of imidazole rings is 1. The van der Waals surface area contributed by atoms with Gasteiger partial charge in [0.2, 0.25) is 0 Å². The number of aryl methyl sites for hydroxylation is 1. The van der Waals surface area contributed by atoms with Crippen LogP contribution in [-0.2, 0) is 16.0 Å². The van der Waals surface area contributed by atoms with E-state index in [4.69, 9.17) is 25.8 Å². The van der Waals surface area contributed by atoms with Crippen LogP contribution in [0.1, 0.15) is 52.5 Å². The molecule has 3 aromatic carbocycles. The normalized spacial score (nSPS) is 11.3. The lowest BCUT2D eigenvalue weighted by molar-refractivity contribution is -0.155. The largest absolute Gasteiger partial charge is 0.493 e. The van der Waals surface area contributed by atoms with Gasteiger partial charge in [-0.2, -0.15) is 0 Å². The molecule has 0 saturated carbocycles. The summed E-state index contributed by atoms with van der Waals surface area (Å²) in [5.41, 5.74) is 3.62. The Hall–Kier alpha value is -3.77. The Morgan fingerprint density at radius 2 is 1.64 bits per heavy atom. The fourth-order valence-corrected chi connectivity index (χ4v) is 4.18. The average Bonchev–Trinajstić information content (AvgIpc) is 3.38. The minimum Gasteiger partial charge on any atom is -0.493 e. The van der Waals surface area contributed by atoms with Crippen molar-refractivity contribution >= 4 is 17.6 Å². The number of hydrogen-bond donors (Lipinski definition) is 0. The van der Waals surface area contributed by atoms with Crippen molar-refractivity contribution in [3.63, 3.8) is 0 Å². The zero-order valence-corrected chi connectivity index (χ0v) is 23.7. The quantitative estimate of drug-likeness (QED) is 0.177. The Labute approximate surface area is 235 Å². The first-order chi connectivity index (χ1) is 18.7. The maximum atomic E-state index is 11.9. The van der Waals surface area contributed by atoms with Gasteiger partial charge < -0.3 is 18.8 Å². The number of unbranched alkanes of at least 4 members (excludes halogenated alkanes) is 1. The van der Waals surface area contributed by atoms with Crippen LogP contribution in [0.3, 0.4) is 0 Å². The Balaban J connectivity index is 1.44. The van der Waals surface area contributed by atoms with E-state index in [-0.39, 0.29) is 19.0 Å². The van der Waals surface area contributed by atoms with Crippen molar-refractivity contribution in [2.24, 2.45) is 0 Å². The number of esters is 1. The molecule has 0 aliphatic carbocycles. The van der Waals surface area contributed by atoms with E-state index >= 15 is 0 Å². The minimum atomic E-state index is -0.494. The smallest absolute Gasteiger partial charge is 0.309 e. The summed E-state index contributed by atoms with van der Waals surface area (Å²) in [7, 11) is 0. The van der Waals surface area contributed by atoms with Crippen molar-refractivity contribution in [2.45, 2.75) is 59.0 Å². The summed E-state index contributed by atoms with van der Waals surface area (Å²) in [4.78, 5) is 16.5. The third kappa shape index (κ3) is 8.36. The van der Waals surface area contributed by atoms with Gasteiger partial charge in [0.1, 0.15) is 22.8 Å². The van der Waals surface area contributed by atoms with Gasteiger partial charge in [0.25, 0.3) is 0 Å². The third-order valence-electron chi connectivity index (χ3n) is 5.91. The molecule has 0 aliphatic rings. The van der Waals surface area contributed by atoms with Crippen LogP contribution >= 0.6 is 11.6 Å². The Morgan fingerprint density at radius 1 is 0.949 bits per heavy atom. The van der Waals surface area contributed by atoms with E-state index in [1.54, 1.807) is 0 Å². The Kier molecular flexibility index (Phi) is 9.31. The van der Waals surface area contributed by atoms with Gasteiger partial charge >= 0.3 is 5.97 Å². The number of rotatable bonds is 11. The number of carbonyl (C=O) groups is 1. The molecule has 6 nitrogen and oxygen atoms in total. The molecule has 39 heavy (non-hydrogen) atoms. The van der Waals surface area contributed by atoms with Gasteiger partial charge in [-0.1, -0.05) is 24.9 Å². The summed E-state index contributed by atoms with van der Waals surface area (Å²) >= 11 is 6.00. The summed E-state index contributed by atoms with van der Waals surface area (Å²) in [5, 5.41) is 0.678. The van der Waals surface area contributed by atoms with Crippen LogP contribution in [-0.4, -0.2) is 27.7 Å². The van der Waals surface area contributed by atoms with E-state index in [0.717, 1.165) is 47.7 Å². The Morgan fingerprint density at radius 3 is 2.33 bits per heavy atom. The van der Waals surface area contributed by atoms with E-state index in [2.05, 4.69) is 28.6 Å². The number of halogens is 1. The van der Waals surface area contributed by atoms with E-state index in [1.807, 2.05) is 87.9 Å². The molecule has 0 saturated heterocycles. The molecule has 0 amide bonds. The summed E-state index contributed by atoms with van der Waals surface area (Å²) in [6.07, 6.45) is 7.19. The van der Waals surface area contributed by atoms with Crippen molar-refractivity contribution in [1.82, 2.24) is 9.55 Å². The second-order valence-corrected chi connectivity index (χ2v) is 10.8. The van der Waals surface area contributed by atoms with E-state index < -0.39 is 5.60 Å². The zero-order chi connectivity index (χ0) is 27.8. The van der Waals surface area contributed by atoms with Crippen molar-refractivity contribution in [3.8, 4) is 34.2 Å². The standard InChI is InChI=1S/C32H35ClN2O4/c1-5-6-7-24-20-28(38-27-14-10-25(33)11-15-27)16-17-30(24)35-21-29(34-22-35)23-8-12-26(13-9-23)37-19-18-31(36)39-32(2,3)4/h8-17,20-22H,5-7,18-19H2,1-4H3. The molecule has 0 unspecified atom stereocenters. The lowest BCUT2D eigenvalue weighted by Gasteiger charge is -2.19. The maximum Gasteiger partial charge on any atom is 0.309 e. The molecule has 0 N–H and O–H groups in total. The summed E-state index contributed by atoms with van der Waals surface area (Å²) in [6, 6.07) is 21.2. The van der Waals surface area contributed by atoms with Gasteiger partial charge in [-0.05, 0) is 106 Å². The van der Waals surface area contributed by atoms with Crippen LogP contribution in [0.4, 0.5) is 0 Å². The third-order valence-corrected chi connectivity index (χ3v) is 6.16. The highest BCUT2D eigenvalue weighted by Crippen LogP contribution is 2.29. The highest BCUT2D eigenvalue weighted by Gasteiger charge is 2.16. The van der Waals surface area contributed by atoms with Gasteiger partial charge in [-0.3, -0.25) is 4.79 Å². The fourth-order valence-electron chi connectivity index (χ4n) is 4.05. The van der Waals surface area contributed by atoms with E-state index in [0.29, 0.717) is 10.8 Å². The van der Waals surface area contributed by atoms with Gasteiger partial charge in [-0.15, -0.1) is 0 Å². The van der Waals surface area contributed by atoms with Crippen molar-refractivity contribution in [3.05, 3.63) is 89.8 Å². The molecule has 204 valence electrons. The molecule has 0 spiro atoms. The average molecular weight is 547 g/mol. The number of ether oxygens (including phenoxy) is 3. The zero-order valence-electron chi connectivity index (χ0n) is 22.9. The van der Waals surface area contributed by atoms with Crippen LogP contribution in [0.25, 0.3) is 16.9 Å². The highest BCUT2D eigenvalue weighted by molar-refractivity contribution is 6.30. The second-order valence-electron chi connectivity index (χ2n) is 10.3. The summed E-state index contributed by atoms with van der Waals surface area (Å²) in [5.74, 6) is 1.96. The predicted octanol–water partition coefficient (Wildman–Crippen LogP) is 8.44. The molecule has 7 heteroatoms. The molecule has 0 fully saturated rings. The molecule has 1 heterocycles. The van der Waals surface area contributed by atoms with Crippen LogP contribution in [0.2, 0.25) is 5.02 Å². The predicted molar refractivity (Wildman–Crippen MR) is 155 cm³/mol. The van der Waals surface area contributed by atoms with Crippen molar-refractivity contribution in [2.75, 3.05) is 6.61 Å². The first-order valence-corrected chi connectivity index (χ1v) is 13.6. The monoisotopic (exact) mass is 546 g/mol. The molecule has 0 radical (unpaired) electrons. The minimum absolute atomic E-state index is 0.202.